The second kappa shape index (κ2) is 11.8. The van der Waals surface area contributed by atoms with E-state index < -0.39 is 0 Å². The molecule has 0 radical (unpaired) electrons. The first-order chi connectivity index (χ1) is 20.5. The maximum atomic E-state index is 13.8. The summed E-state index contributed by atoms with van der Waals surface area (Å²) in [5.74, 6) is 0.894. The van der Waals surface area contributed by atoms with E-state index in [0.717, 1.165) is 82.0 Å². The third kappa shape index (κ3) is 5.20. The summed E-state index contributed by atoms with van der Waals surface area (Å²) in [6.45, 7) is 6.11. The highest BCUT2D eigenvalue weighted by atomic mass is 16.5. The van der Waals surface area contributed by atoms with E-state index in [1.54, 1.807) is 7.11 Å². The van der Waals surface area contributed by atoms with Crippen LogP contribution in [-0.4, -0.2) is 129 Å². The van der Waals surface area contributed by atoms with Gasteiger partial charge < -0.3 is 29.5 Å². The van der Waals surface area contributed by atoms with Crippen LogP contribution in [0.2, 0.25) is 0 Å². The molecule has 2 amide bonds. The number of nitrogens with one attached hydrogen (secondary N) is 4. The summed E-state index contributed by atoms with van der Waals surface area (Å²) < 4.78 is 11.7. The van der Waals surface area contributed by atoms with Crippen LogP contribution < -0.4 is 30.9 Å². The molecule has 230 valence electrons. The number of carbonyl (C=O) groups excluding carboxylic acids is 2. The Morgan fingerprint density at radius 1 is 0.976 bits per heavy atom. The number of hydrazine groups is 1. The Balaban J connectivity index is 1.10. The third-order valence-electron chi connectivity index (χ3n) is 9.83. The van der Waals surface area contributed by atoms with Gasteiger partial charge in [0.25, 0.3) is 0 Å². The second-order valence-electron chi connectivity index (χ2n) is 12.4. The Kier molecular flexibility index (Phi) is 7.88. The number of piperidine rings is 1. The standard InChI is InChI=1S/C29H45N9O4/c1-34-12-14-35(15-13-34)21-16-19(6-7-22(21)41-2)31-29-30-17-20-26(33-29)38-24-9-8-23-27(32-24)36(25(39)18-42-23)10-4-3-5-11-37(38)28(20)40/h6-7,16,20,23-24,26-27,29-33H,3-5,8-15,17-18H2,1-2H3. The molecule has 13 heteroatoms. The van der Waals surface area contributed by atoms with Gasteiger partial charge in [-0.15, -0.1) is 0 Å². The van der Waals surface area contributed by atoms with Gasteiger partial charge >= 0.3 is 0 Å². The Bertz CT molecular complexity index is 1160. The number of benzene rings is 1. The SMILES string of the molecule is COc1ccc(NC2NCC3C(=O)N4CCCCCN5C(=O)COC6CCC(NC65)N4C3N2)cc1N1CCN(C)CC1. The fourth-order valence-electron chi connectivity index (χ4n) is 7.50. The Morgan fingerprint density at radius 3 is 2.64 bits per heavy atom. The summed E-state index contributed by atoms with van der Waals surface area (Å²) in [5.41, 5.74) is 2.08. The number of ether oxygens (including phenoxy) is 2. The van der Waals surface area contributed by atoms with Crippen molar-refractivity contribution in [2.75, 3.05) is 76.8 Å². The summed E-state index contributed by atoms with van der Waals surface area (Å²) in [7, 11) is 3.88. The van der Waals surface area contributed by atoms with Crippen LogP contribution in [0.1, 0.15) is 32.1 Å². The molecule has 13 nitrogen and oxygen atoms in total. The number of methoxy groups -OCH3 is 1. The molecule has 6 atom stereocenters. The molecule has 0 aliphatic carbocycles. The van der Waals surface area contributed by atoms with E-state index in [9.17, 15) is 9.59 Å². The lowest BCUT2D eigenvalue weighted by Crippen LogP contribution is -2.72. The van der Waals surface area contributed by atoms with Crippen molar-refractivity contribution in [3.05, 3.63) is 18.2 Å². The Morgan fingerprint density at radius 2 is 1.81 bits per heavy atom. The molecule has 6 unspecified atom stereocenters. The van der Waals surface area contributed by atoms with Crippen molar-refractivity contribution in [2.45, 2.75) is 63.0 Å². The first-order valence-corrected chi connectivity index (χ1v) is 15.6. The lowest BCUT2D eigenvalue weighted by Gasteiger charge is -2.50. The molecule has 2 bridgehead atoms. The largest absolute Gasteiger partial charge is 0.495 e. The highest BCUT2D eigenvalue weighted by Gasteiger charge is 2.53. The van der Waals surface area contributed by atoms with Crippen molar-refractivity contribution in [3.8, 4) is 5.75 Å². The van der Waals surface area contributed by atoms with E-state index >= 15 is 0 Å². The molecule has 6 aliphatic rings. The minimum absolute atomic E-state index is 0.0118. The molecule has 6 heterocycles. The van der Waals surface area contributed by atoms with Crippen LogP contribution in [0.3, 0.4) is 0 Å². The lowest BCUT2D eigenvalue weighted by atomic mass is 9.99. The number of piperazine rings is 1. The zero-order valence-corrected chi connectivity index (χ0v) is 24.8. The average molecular weight is 584 g/mol. The first-order valence-electron chi connectivity index (χ1n) is 15.6. The average Bonchev–Trinajstić information content (AvgIpc) is 3.26. The Hall–Kier alpha value is -2.68. The summed E-state index contributed by atoms with van der Waals surface area (Å²) in [6.07, 6.45) is 3.87. The monoisotopic (exact) mass is 583 g/mol. The summed E-state index contributed by atoms with van der Waals surface area (Å²) in [5, 5.41) is 18.8. The van der Waals surface area contributed by atoms with E-state index in [4.69, 9.17) is 9.47 Å². The molecule has 1 aromatic carbocycles. The van der Waals surface area contributed by atoms with Crippen molar-refractivity contribution in [1.29, 1.82) is 0 Å². The van der Waals surface area contributed by atoms with Crippen LogP contribution >= 0.6 is 0 Å². The molecule has 7 rings (SSSR count). The van der Waals surface area contributed by atoms with Gasteiger partial charge in [-0.05, 0) is 57.4 Å². The minimum Gasteiger partial charge on any atom is -0.495 e. The molecule has 1 aromatic rings. The van der Waals surface area contributed by atoms with Gasteiger partial charge in [0.05, 0.1) is 37.2 Å². The van der Waals surface area contributed by atoms with Crippen molar-refractivity contribution >= 4 is 23.2 Å². The van der Waals surface area contributed by atoms with Gasteiger partial charge in [-0.2, -0.15) is 5.01 Å². The molecule has 6 fully saturated rings. The highest BCUT2D eigenvalue weighted by Crippen LogP contribution is 2.35. The highest BCUT2D eigenvalue weighted by molar-refractivity contribution is 5.82. The van der Waals surface area contributed by atoms with Gasteiger partial charge in [0.1, 0.15) is 24.8 Å². The quantitative estimate of drug-likeness (QED) is 0.377. The summed E-state index contributed by atoms with van der Waals surface area (Å²) >= 11 is 0. The summed E-state index contributed by atoms with van der Waals surface area (Å²) in [6, 6.07) is 6.24. The number of rotatable bonds is 4. The van der Waals surface area contributed by atoms with Crippen LogP contribution in [0.4, 0.5) is 11.4 Å². The normalized spacial score (nSPS) is 34.5. The first kappa shape index (κ1) is 28.1. The number of fused-ring (bicyclic) bond motifs is 5. The molecule has 0 aromatic heterocycles. The topological polar surface area (TPSA) is 117 Å². The number of likely N-dealkylation sites (N-methyl/N-ethyl adjacent to an activating group) is 1. The lowest BCUT2D eigenvalue weighted by molar-refractivity contribution is -0.176. The van der Waals surface area contributed by atoms with E-state index in [2.05, 4.69) is 49.2 Å². The van der Waals surface area contributed by atoms with Crippen LogP contribution in [0.25, 0.3) is 0 Å². The fourth-order valence-corrected chi connectivity index (χ4v) is 7.50. The van der Waals surface area contributed by atoms with Gasteiger partial charge in [0.2, 0.25) is 11.8 Å². The third-order valence-corrected chi connectivity index (χ3v) is 9.83. The molecule has 6 aliphatic heterocycles. The predicted octanol–water partition coefficient (Wildman–Crippen LogP) is -0.216. The molecular weight excluding hydrogens is 538 g/mol. The van der Waals surface area contributed by atoms with Gasteiger partial charge in [-0.1, -0.05) is 0 Å². The Labute approximate surface area is 247 Å². The number of amides is 2. The number of morpholine rings is 1. The van der Waals surface area contributed by atoms with Crippen LogP contribution in [0.5, 0.6) is 5.75 Å². The molecule has 6 saturated heterocycles. The zero-order valence-electron chi connectivity index (χ0n) is 24.8. The molecular formula is C29H45N9O4. The van der Waals surface area contributed by atoms with E-state index in [1.165, 1.54) is 0 Å². The van der Waals surface area contributed by atoms with Gasteiger partial charge in [0.15, 0.2) is 0 Å². The smallest absolute Gasteiger partial charge is 0.249 e. The number of anilines is 2. The molecule has 0 spiro atoms. The van der Waals surface area contributed by atoms with Crippen LogP contribution in [-0.2, 0) is 14.3 Å². The van der Waals surface area contributed by atoms with Crippen LogP contribution in [0, 0.1) is 5.92 Å². The number of carbonyl (C=O) groups is 2. The number of hydrogen-bond acceptors (Lipinski definition) is 11. The van der Waals surface area contributed by atoms with E-state index in [-0.39, 0.29) is 55.2 Å². The maximum Gasteiger partial charge on any atom is 0.249 e. The molecule has 0 saturated carbocycles. The minimum atomic E-state index is -0.224. The predicted molar refractivity (Wildman–Crippen MR) is 157 cm³/mol. The fraction of sp³-hybridized carbons (Fsp3) is 0.724. The zero-order chi connectivity index (χ0) is 28.8. The van der Waals surface area contributed by atoms with Crippen molar-refractivity contribution in [3.63, 3.8) is 0 Å². The summed E-state index contributed by atoms with van der Waals surface area (Å²) in [4.78, 5) is 33.3. The van der Waals surface area contributed by atoms with Crippen molar-refractivity contribution in [1.82, 2.24) is 35.8 Å². The van der Waals surface area contributed by atoms with Gasteiger partial charge in [-0.25, -0.2) is 0 Å². The number of nitrogens with zero attached hydrogens (tertiary/aromatic N) is 5. The van der Waals surface area contributed by atoms with Crippen molar-refractivity contribution < 1.29 is 19.1 Å². The van der Waals surface area contributed by atoms with E-state index in [1.807, 2.05) is 22.0 Å². The molecule has 4 N–H and O–H groups in total. The van der Waals surface area contributed by atoms with Gasteiger partial charge in [-0.3, -0.25) is 30.5 Å². The van der Waals surface area contributed by atoms with Gasteiger partial charge in [0, 0.05) is 51.5 Å². The van der Waals surface area contributed by atoms with Crippen LogP contribution in [0.15, 0.2) is 18.2 Å². The maximum absolute atomic E-state index is 13.8. The molecule has 42 heavy (non-hydrogen) atoms. The van der Waals surface area contributed by atoms with Crippen molar-refractivity contribution in [2.24, 2.45) is 5.92 Å². The number of hydrogen-bond donors (Lipinski definition) is 4. The van der Waals surface area contributed by atoms with E-state index in [0.29, 0.717) is 13.1 Å². The second-order valence-corrected chi connectivity index (χ2v) is 12.4.